The van der Waals surface area contributed by atoms with Crippen molar-refractivity contribution in [2.24, 2.45) is 5.92 Å². The lowest BCUT2D eigenvalue weighted by atomic mass is 9.97. The van der Waals surface area contributed by atoms with Gasteiger partial charge in [-0.3, -0.25) is 4.79 Å². The molecule has 2 aromatic carbocycles. The first-order valence-electron chi connectivity index (χ1n) is 7.88. The molecule has 0 spiro atoms. The molecule has 0 fully saturated rings. The Morgan fingerprint density at radius 1 is 1.21 bits per heavy atom. The summed E-state index contributed by atoms with van der Waals surface area (Å²) in [5.41, 5.74) is 1.10. The van der Waals surface area contributed by atoms with Crippen LogP contribution in [0.15, 0.2) is 53.0 Å². The van der Waals surface area contributed by atoms with E-state index in [1.165, 1.54) is 0 Å². The maximum Gasteiger partial charge on any atom is 0.258 e. The van der Waals surface area contributed by atoms with Gasteiger partial charge in [0.05, 0.1) is 11.1 Å². The molecule has 0 aliphatic heterocycles. The van der Waals surface area contributed by atoms with E-state index in [-0.39, 0.29) is 18.6 Å². The normalized spacial score (nSPS) is 12.0. The summed E-state index contributed by atoms with van der Waals surface area (Å²) < 4.78 is 6.40. The van der Waals surface area contributed by atoms with Gasteiger partial charge in [-0.1, -0.05) is 71.7 Å². The van der Waals surface area contributed by atoms with E-state index in [9.17, 15) is 4.79 Å². The zero-order chi connectivity index (χ0) is 17.5. The number of hydrogen-bond donors (Lipinski definition) is 1. The second kappa shape index (κ2) is 9.09. The van der Waals surface area contributed by atoms with Crippen LogP contribution in [0.2, 0.25) is 5.02 Å². The van der Waals surface area contributed by atoms with Crippen LogP contribution in [0, 0.1) is 5.92 Å². The number of carbonyl (C=O) groups excluding carboxylic acids is 1. The molecule has 1 atom stereocenters. The fourth-order valence-electron chi connectivity index (χ4n) is 2.41. The van der Waals surface area contributed by atoms with E-state index in [0.717, 1.165) is 16.5 Å². The average Bonchev–Trinajstić information content (AvgIpc) is 2.54. The third-order valence-electron chi connectivity index (χ3n) is 3.50. The lowest BCUT2D eigenvalue weighted by Crippen LogP contribution is -2.33. The molecule has 128 valence electrons. The molecule has 0 aliphatic carbocycles. The molecule has 0 saturated carbocycles. The van der Waals surface area contributed by atoms with Crippen LogP contribution < -0.4 is 10.1 Å². The molecule has 0 bridgehead atoms. The Morgan fingerprint density at radius 2 is 1.92 bits per heavy atom. The standard InChI is InChI=1S/C19H21BrClNO2/c1-13(2)10-17(14-6-4-3-5-7-14)22-19(23)12-24-18-9-8-15(20)11-16(18)21/h3-9,11,13,17H,10,12H2,1-2H3,(H,22,23)/t17-/m0/s1. The van der Waals surface area contributed by atoms with Crippen molar-refractivity contribution in [1.82, 2.24) is 5.32 Å². The van der Waals surface area contributed by atoms with Crippen LogP contribution in [0.4, 0.5) is 0 Å². The quantitative estimate of drug-likeness (QED) is 0.665. The van der Waals surface area contributed by atoms with Gasteiger partial charge in [-0.25, -0.2) is 0 Å². The van der Waals surface area contributed by atoms with Gasteiger partial charge in [0, 0.05) is 4.47 Å². The van der Waals surface area contributed by atoms with E-state index in [4.69, 9.17) is 16.3 Å². The first-order chi connectivity index (χ1) is 11.5. The molecule has 2 aromatic rings. The van der Waals surface area contributed by atoms with Crippen LogP contribution >= 0.6 is 27.5 Å². The largest absolute Gasteiger partial charge is 0.482 e. The van der Waals surface area contributed by atoms with Gasteiger partial charge < -0.3 is 10.1 Å². The molecule has 0 aliphatic rings. The molecule has 0 saturated heterocycles. The Balaban J connectivity index is 1.97. The molecule has 3 nitrogen and oxygen atoms in total. The fourth-order valence-corrected chi connectivity index (χ4v) is 3.13. The number of hydrogen-bond acceptors (Lipinski definition) is 2. The van der Waals surface area contributed by atoms with Gasteiger partial charge in [0.1, 0.15) is 5.75 Å². The first kappa shape index (κ1) is 18.8. The highest BCUT2D eigenvalue weighted by Gasteiger charge is 2.16. The van der Waals surface area contributed by atoms with E-state index in [1.54, 1.807) is 12.1 Å². The summed E-state index contributed by atoms with van der Waals surface area (Å²) >= 11 is 9.44. The minimum absolute atomic E-state index is 0.0253. The highest BCUT2D eigenvalue weighted by atomic mass is 79.9. The van der Waals surface area contributed by atoms with Crippen LogP contribution in [0.1, 0.15) is 31.9 Å². The number of nitrogens with one attached hydrogen (secondary N) is 1. The van der Waals surface area contributed by atoms with Crippen molar-refractivity contribution in [2.75, 3.05) is 6.61 Å². The number of carbonyl (C=O) groups is 1. The number of rotatable bonds is 7. The number of benzene rings is 2. The molecule has 24 heavy (non-hydrogen) atoms. The number of ether oxygens (including phenoxy) is 1. The first-order valence-corrected chi connectivity index (χ1v) is 9.05. The topological polar surface area (TPSA) is 38.3 Å². The molecule has 0 aromatic heterocycles. The predicted molar refractivity (Wildman–Crippen MR) is 101 cm³/mol. The second-order valence-electron chi connectivity index (χ2n) is 6.02. The van der Waals surface area contributed by atoms with Crippen LogP contribution in [-0.2, 0) is 4.79 Å². The van der Waals surface area contributed by atoms with Crippen LogP contribution in [-0.4, -0.2) is 12.5 Å². The summed E-state index contributed by atoms with van der Waals surface area (Å²) in [6.07, 6.45) is 0.870. The van der Waals surface area contributed by atoms with Crippen molar-refractivity contribution in [3.63, 3.8) is 0 Å². The highest BCUT2D eigenvalue weighted by Crippen LogP contribution is 2.27. The van der Waals surface area contributed by atoms with E-state index in [1.807, 2.05) is 36.4 Å². The summed E-state index contributed by atoms with van der Waals surface area (Å²) in [4.78, 5) is 12.3. The zero-order valence-electron chi connectivity index (χ0n) is 13.8. The molecular weight excluding hydrogens is 390 g/mol. The maximum absolute atomic E-state index is 12.3. The third kappa shape index (κ3) is 5.84. The molecular formula is C19H21BrClNO2. The number of halogens is 2. The molecule has 0 radical (unpaired) electrons. The summed E-state index contributed by atoms with van der Waals surface area (Å²) in [5, 5.41) is 3.52. The van der Waals surface area contributed by atoms with Gasteiger partial charge in [-0.05, 0) is 36.1 Å². The van der Waals surface area contributed by atoms with Crippen molar-refractivity contribution in [3.05, 3.63) is 63.6 Å². The average molecular weight is 411 g/mol. The minimum Gasteiger partial charge on any atom is -0.482 e. The summed E-state index contributed by atoms with van der Waals surface area (Å²) in [6, 6.07) is 15.3. The van der Waals surface area contributed by atoms with Gasteiger partial charge in [0.15, 0.2) is 6.61 Å². The molecule has 0 heterocycles. The number of amides is 1. The van der Waals surface area contributed by atoms with Gasteiger partial charge >= 0.3 is 0 Å². The van der Waals surface area contributed by atoms with E-state index in [2.05, 4.69) is 35.1 Å². The highest BCUT2D eigenvalue weighted by molar-refractivity contribution is 9.10. The maximum atomic E-state index is 12.3. The summed E-state index contributed by atoms with van der Waals surface area (Å²) in [6.45, 7) is 4.21. The predicted octanol–water partition coefficient (Wildman–Crippen LogP) is 5.38. The van der Waals surface area contributed by atoms with Gasteiger partial charge in [-0.15, -0.1) is 0 Å². The van der Waals surface area contributed by atoms with Crippen molar-refractivity contribution >= 4 is 33.4 Å². The van der Waals surface area contributed by atoms with Crippen LogP contribution in [0.25, 0.3) is 0 Å². The Labute approximate surface area is 156 Å². The zero-order valence-corrected chi connectivity index (χ0v) is 16.1. The van der Waals surface area contributed by atoms with E-state index in [0.29, 0.717) is 16.7 Å². The van der Waals surface area contributed by atoms with Gasteiger partial charge in [-0.2, -0.15) is 0 Å². The SMILES string of the molecule is CC(C)C[C@H](NC(=O)COc1ccc(Br)cc1Cl)c1ccccc1. The van der Waals surface area contributed by atoms with Crippen molar-refractivity contribution in [2.45, 2.75) is 26.3 Å². The Hall–Kier alpha value is -1.52. The molecule has 1 amide bonds. The Bertz CT molecular complexity index is 676. The Morgan fingerprint density at radius 3 is 2.54 bits per heavy atom. The van der Waals surface area contributed by atoms with E-state index >= 15 is 0 Å². The van der Waals surface area contributed by atoms with E-state index < -0.39 is 0 Å². The molecule has 0 unspecified atom stereocenters. The lowest BCUT2D eigenvalue weighted by molar-refractivity contribution is -0.124. The molecule has 1 N–H and O–H groups in total. The summed E-state index contributed by atoms with van der Waals surface area (Å²) in [5.74, 6) is 0.802. The minimum atomic E-state index is -0.163. The van der Waals surface area contributed by atoms with Crippen LogP contribution in [0.5, 0.6) is 5.75 Å². The second-order valence-corrected chi connectivity index (χ2v) is 7.35. The van der Waals surface area contributed by atoms with Gasteiger partial charge in [0.2, 0.25) is 0 Å². The van der Waals surface area contributed by atoms with Gasteiger partial charge in [0.25, 0.3) is 5.91 Å². The van der Waals surface area contributed by atoms with Crippen molar-refractivity contribution in [3.8, 4) is 5.75 Å². The molecule has 2 rings (SSSR count). The monoisotopic (exact) mass is 409 g/mol. The third-order valence-corrected chi connectivity index (χ3v) is 4.29. The fraction of sp³-hybridized carbons (Fsp3) is 0.316. The van der Waals surface area contributed by atoms with Crippen LogP contribution in [0.3, 0.4) is 0 Å². The lowest BCUT2D eigenvalue weighted by Gasteiger charge is -2.21. The van der Waals surface area contributed by atoms with Crippen molar-refractivity contribution in [1.29, 1.82) is 0 Å². The van der Waals surface area contributed by atoms with Crippen molar-refractivity contribution < 1.29 is 9.53 Å². The Kier molecular flexibility index (Phi) is 7.13. The molecule has 5 heteroatoms. The summed E-state index contributed by atoms with van der Waals surface area (Å²) in [7, 11) is 0. The smallest absolute Gasteiger partial charge is 0.258 e.